The summed E-state index contributed by atoms with van der Waals surface area (Å²) in [5.74, 6) is -0.800. The maximum absolute atomic E-state index is 11.4. The van der Waals surface area contributed by atoms with Crippen molar-refractivity contribution in [3.05, 3.63) is 0 Å². The first kappa shape index (κ1) is 11.9. The second-order valence-electron chi connectivity index (χ2n) is 3.80. The molecule has 84 valence electrons. The fourth-order valence-corrected chi connectivity index (χ4v) is 1.76. The summed E-state index contributed by atoms with van der Waals surface area (Å²) in [7, 11) is 0. The van der Waals surface area contributed by atoms with Gasteiger partial charge in [-0.25, -0.2) is 0 Å². The minimum atomic E-state index is -0.342. The van der Waals surface area contributed by atoms with E-state index in [1.54, 1.807) is 6.92 Å². The molecular weight excluding hydrogens is 196 g/mol. The SMILES string of the molecule is CCOC(=O)C1CCCC(=O)CC(=O)C1. The zero-order chi connectivity index (χ0) is 11.3. The van der Waals surface area contributed by atoms with Gasteiger partial charge in [-0.1, -0.05) is 0 Å². The predicted octanol–water partition coefficient (Wildman–Crippen LogP) is 1.27. The first-order valence-corrected chi connectivity index (χ1v) is 5.33. The van der Waals surface area contributed by atoms with Gasteiger partial charge in [-0.15, -0.1) is 0 Å². The van der Waals surface area contributed by atoms with Gasteiger partial charge in [0.25, 0.3) is 0 Å². The summed E-state index contributed by atoms with van der Waals surface area (Å²) in [6.07, 6.45) is 1.80. The van der Waals surface area contributed by atoms with E-state index in [0.29, 0.717) is 25.9 Å². The summed E-state index contributed by atoms with van der Waals surface area (Å²) < 4.78 is 4.88. The number of hydrogen-bond donors (Lipinski definition) is 0. The van der Waals surface area contributed by atoms with Crippen LogP contribution in [0.25, 0.3) is 0 Å². The molecule has 0 spiro atoms. The fraction of sp³-hybridized carbons (Fsp3) is 0.727. The topological polar surface area (TPSA) is 60.4 Å². The number of Topliss-reactive ketones (excluding diaryl/α,β-unsaturated/α-hetero) is 2. The van der Waals surface area contributed by atoms with Crippen LogP contribution in [-0.4, -0.2) is 24.1 Å². The standard InChI is InChI=1S/C11H16O4/c1-2-15-11(14)8-4-3-5-9(12)7-10(13)6-8/h8H,2-7H2,1H3. The van der Waals surface area contributed by atoms with E-state index in [1.807, 2.05) is 0 Å². The number of rotatable bonds is 2. The van der Waals surface area contributed by atoms with Gasteiger partial charge in [0.15, 0.2) is 0 Å². The lowest BCUT2D eigenvalue weighted by atomic mass is 9.90. The van der Waals surface area contributed by atoms with Crippen molar-refractivity contribution in [3.8, 4) is 0 Å². The lowest BCUT2D eigenvalue weighted by Crippen LogP contribution is -2.24. The van der Waals surface area contributed by atoms with Crippen molar-refractivity contribution in [1.82, 2.24) is 0 Å². The van der Waals surface area contributed by atoms with Crippen molar-refractivity contribution in [2.45, 2.75) is 39.0 Å². The van der Waals surface area contributed by atoms with E-state index in [9.17, 15) is 14.4 Å². The lowest BCUT2D eigenvalue weighted by molar-refractivity contribution is -0.150. The highest BCUT2D eigenvalue weighted by atomic mass is 16.5. The molecule has 0 N–H and O–H groups in total. The molecule has 15 heavy (non-hydrogen) atoms. The van der Waals surface area contributed by atoms with E-state index >= 15 is 0 Å². The zero-order valence-corrected chi connectivity index (χ0v) is 8.95. The molecule has 1 saturated carbocycles. The third-order valence-corrected chi connectivity index (χ3v) is 2.50. The van der Waals surface area contributed by atoms with E-state index in [1.165, 1.54) is 0 Å². The molecule has 4 nitrogen and oxygen atoms in total. The fourth-order valence-electron chi connectivity index (χ4n) is 1.76. The lowest BCUT2D eigenvalue weighted by Gasteiger charge is -2.16. The highest BCUT2D eigenvalue weighted by Crippen LogP contribution is 2.20. The van der Waals surface area contributed by atoms with Crippen molar-refractivity contribution >= 4 is 17.5 Å². The van der Waals surface area contributed by atoms with Gasteiger partial charge in [-0.2, -0.15) is 0 Å². The summed E-state index contributed by atoms with van der Waals surface area (Å²) in [5.41, 5.74) is 0. The van der Waals surface area contributed by atoms with Gasteiger partial charge in [0.05, 0.1) is 18.9 Å². The van der Waals surface area contributed by atoms with Gasteiger partial charge >= 0.3 is 5.97 Å². The van der Waals surface area contributed by atoms with E-state index in [2.05, 4.69) is 0 Å². The highest BCUT2D eigenvalue weighted by molar-refractivity contribution is 6.00. The van der Waals surface area contributed by atoms with Crippen LogP contribution in [0.3, 0.4) is 0 Å². The van der Waals surface area contributed by atoms with Gasteiger partial charge in [0, 0.05) is 12.8 Å². The molecule has 0 aliphatic heterocycles. The Labute approximate surface area is 89.0 Å². The molecular formula is C11H16O4. The molecule has 0 aromatic carbocycles. The number of carbonyl (C=O) groups excluding carboxylic acids is 3. The van der Waals surface area contributed by atoms with E-state index in [-0.39, 0.29) is 36.3 Å². The van der Waals surface area contributed by atoms with Crippen LogP contribution in [0.4, 0.5) is 0 Å². The molecule has 1 atom stereocenters. The summed E-state index contributed by atoms with van der Waals surface area (Å²) in [6, 6.07) is 0. The number of ether oxygens (including phenoxy) is 1. The van der Waals surface area contributed by atoms with Crippen LogP contribution in [0.15, 0.2) is 0 Å². The summed E-state index contributed by atoms with van der Waals surface area (Å²) in [4.78, 5) is 33.9. The molecule has 1 unspecified atom stereocenters. The Bertz CT molecular complexity index is 270. The highest BCUT2D eigenvalue weighted by Gasteiger charge is 2.26. The third-order valence-electron chi connectivity index (χ3n) is 2.50. The van der Waals surface area contributed by atoms with E-state index in [0.717, 1.165) is 0 Å². The molecule has 0 amide bonds. The summed E-state index contributed by atoms with van der Waals surface area (Å²) >= 11 is 0. The quantitative estimate of drug-likeness (QED) is 0.511. The number of esters is 1. The largest absolute Gasteiger partial charge is 0.466 e. The van der Waals surface area contributed by atoms with Crippen molar-refractivity contribution in [2.24, 2.45) is 5.92 Å². The van der Waals surface area contributed by atoms with E-state index in [4.69, 9.17) is 4.74 Å². The van der Waals surface area contributed by atoms with Crippen LogP contribution in [0.1, 0.15) is 39.0 Å². The van der Waals surface area contributed by atoms with Gasteiger partial charge in [-0.05, 0) is 19.8 Å². The zero-order valence-electron chi connectivity index (χ0n) is 8.95. The molecule has 1 aliphatic carbocycles. The molecule has 0 radical (unpaired) electrons. The molecule has 0 saturated heterocycles. The van der Waals surface area contributed by atoms with Gasteiger partial charge < -0.3 is 4.74 Å². The average Bonchev–Trinajstić information content (AvgIpc) is 2.13. The van der Waals surface area contributed by atoms with E-state index < -0.39 is 0 Å². The molecule has 1 rings (SSSR count). The Kier molecular flexibility index (Phi) is 4.46. The second-order valence-corrected chi connectivity index (χ2v) is 3.80. The number of carbonyl (C=O) groups is 3. The second kappa shape index (κ2) is 5.63. The smallest absolute Gasteiger partial charge is 0.309 e. The van der Waals surface area contributed by atoms with Crippen LogP contribution in [-0.2, 0) is 19.1 Å². The Morgan fingerprint density at radius 3 is 2.80 bits per heavy atom. The normalized spacial score (nSPS) is 23.1. The Hall–Kier alpha value is -1.19. The molecule has 0 aromatic rings. The Morgan fingerprint density at radius 1 is 1.40 bits per heavy atom. The Morgan fingerprint density at radius 2 is 2.13 bits per heavy atom. The van der Waals surface area contributed by atoms with Crippen molar-refractivity contribution < 1.29 is 19.1 Å². The van der Waals surface area contributed by atoms with Crippen molar-refractivity contribution in [2.75, 3.05) is 6.61 Å². The monoisotopic (exact) mass is 212 g/mol. The molecule has 0 heterocycles. The summed E-state index contributed by atoms with van der Waals surface area (Å²) in [5, 5.41) is 0. The maximum Gasteiger partial charge on any atom is 0.309 e. The first-order chi connectivity index (χ1) is 7.13. The minimum Gasteiger partial charge on any atom is -0.466 e. The first-order valence-electron chi connectivity index (χ1n) is 5.33. The third kappa shape index (κ3) is 3.81. The maximum atomic E-state index is 11.4. The average molecular weight is 212 g/mol. The van der Waals surface area contributed by atoms with Gasteiger partial charge in [0.1, 0.15) is 11.6 Å². The van der Waals surface area contributed by atoms with Gasteiger partial charge in [0.2, 0.25) is 0 Å². The number of ketones is 2. The number of hydrogen-bond acceptors (Lipinski definition) is 4. The van der Waals surface area contributed by atoms with Crippen molar-refractivity contribution in [3.63, 3.8) is 0 Å². The Balaban J connectivity index is 2.55. The van der Waals surface area contributed by atoms with Crippen LogP contribution in [0, 0.1) is 5.92 Å². The van der Waals surface area contributed by atoms with Gasteiger partial charge in [-0.3, -0.25) is 14.4 Å². The summed E-state index contributed by atoms with van der Waals surface area (Å²) in [6.45, 7) is 2.08. The van der Waals surface area contributed by atoms with Crippen LogP contribution in [0.2, 0.25) is 0 Å². The molecule has 1 aliphatic rings. The predicted molar refractivity (Wildman–Crippen MR) is 53.2 cm³/mol. The molecule has 0 aromatic heterocycles. The van der Waals surface area contributed by atoms with Crippen LogP contribution < -0.4 is 0 Å². The van der Waals surface area contributed by atoms with Crippen molar-refractivity contribution in [1.29, 1.82) is 0 Å². The molecule has 0 bridgehead atoms. The van der Waals surface area contributed by atoms with Crippen LogP contribution in [0.5, 0.6) is 0 Å². The minimum absolute atomic E-state index is 0.0118. The molecule has 4 heteroatoms. The molecule has 1 fully saturated rings. The van der Waals surface area contributed by atoms with Crippen LogP contribution >= 0.6 is 0 Å².